The number of nitrogens with zero attached hydrogens (tertiary/aromatic N) is 4. The van der Waals surface area contributed by atoms with E-state index in [2.05, 4.69) is 10.3 Å². The molecule has 1 saturated heterocycles. The fraction of sp³-hybridized carbons (Fsp3) is 0.750. The highest BCUT2D eigenvalue weighted by Gasteiger charge is 2.47. The van der Waals surface area contributed by atoms with Crippen molar-refractivity contribution in [2.45, 2.75) is 76.0 Å². The van der Waals surface area contributed by atoms with Gasteiger partial charge in [0, 0.05) is 37.3 Å². The van der Waals surface area contributed by atoms with Crippen LogP contribution >= 0.6 is 0 Å². The van der Waals surface area contributed by atoms with Crippen molar-refractivity contribution in [3.63, 3.8) is 0 Å². The minimum atomic E-state index is -3.16. The van der Waals surface area contributed by atoms with Crippen LogP contribution in [0.4, 0.5) is 11.8 Å². The summed E-state index contributed by atoms with van der Waals surface area (Å²) in [6, 6.07) is -0.178. The fourth-order valence-electron chi connectivity index (χ4n) is 4.99. The SMILES string of the molecule is CC[C@@]1(O)CCC[C@H]1N1C(=O)CCc2cnc(NC3CCN(S(C)(=O)=O)CC3)nc21. The van der Waals surface area contributed by atoms with E-state index in [0.717, 1.165) is 18.4 Å². The quantitative estimate of drug-likeness (QED) is 0.713. The minimum absolute atomic E-state index is 0.00684. The zero-order valence-electron chi connectivity index (χ0n) is 17.7. The predicted octanol–water partition coefficient (Wildman–Crippen LogP) is 1.29. The average Bonchev–Trinajstić information content (AvgIpc) is 3.09. The highest BCUT2D eigenvalue weighted by Crippen LogP contribution is 2.40. The number of carbonyl (C=O) groups excluding carboxylic acids is 1. The van der Waals surface area contributed by atoms with Crippen LogP contribution < -0.4 is 10.2 Å². The molecule has 2 fully saturated rings. The number of hydrogen-bond donors (Lipinski definition) is 2. The third kappa shape index (κ3) is 4.04. The number of aliphatic hydroxyl groups is 1. The Kier molecular flexibility index (Phi) is 5.75. The topological polar surface area (TPSA) is 116 Å². The van der Waals surface area contributed by atoms with Crippen LogP contribution in [0.3, 0.4) is 0 Å². The van der Waals surface area contributed by atoms with Gasteiger partial charge in [0.25, 0.3) is 0 Å². The van der Waals surface area contributed by atoms with E-state index in [1.54, 1.807) is 11.1 Å². The number of amides is 1. The zero-order valence-corrected chi connectivity index (χ0v) is 18.5. The van der Waals surface area contributed by atoms with Crippen LogP contribution in [-0.2, 0) is 21.2 Å². The monoisotopic (exact) mass is 437 g/mol. The van der Waals surface area contributed by atoms with E-state index in [9.17, 15) is 18.3 Å². The number of hydrogen-bond acceptors (Lipinski definition) is 7. The van der Waals surface area contributed by atoms with Crippen LogP contribution in [0.2, 0.25) is 0 Å². The van der Waals surface area contributed by atoms with E-state index in [1.165, 1.54) is 10.6 Å². The lowest BCUT2D eigenvalue weighted by Crippen LogP contribution is -2.53. The molecular formula is C20H31N5O4S. The minimum Gasteiger partial charge on any atom is -0.388 e. The Labute approximate surface area is 177 Å². The van der Waals surface area contributed by atoms with E-state index < -0.39 is 15.6 Å². The number of aryl methyl sites for hydroxylation is 1. The Morgan fingerprint density at radius 1 is 1.27 bits per heavy atom. The number of anilines is 2. The molecule has 166 valence electrons. The van der Waals surface area contributed by atoms with Crippen molar-refractivity contribution < 1.29 is 18.3 Å². The van der Waals surface area contributed by atoms with Crippen molar-refractivity contribution in [3.05, 3.63) is 11.8 Å². The van der Waals surface area contributed by atoms with Gasteiger partial charge in [0.15, 0.2) is 0 Å². The van der Waals surface area contributed by atoms with Crippen molar-refractivity contribution >= 4 is 27.7 Å². The molecule has 2 atom stereocenters. The Balaban J connectivity index is 1.54. The molecule has 0 spiro atoms. The molecule has 9 nitrogen and oxygen atoms in total. The first-order chi connectivity index (χ1) is 14.2. The largest absolute Gasteiger partial charge is 0.388 e. The predicted molar refractivity (Wildman–Crippen MR) is 114 cm³/mol. The third-order valence-electron chi connectivity index (χ3n) is 6.83. The van der Waals surface area contributed by atoms with Crippen molar-refractivity contribution in [1.82, 2.24) is 14.3 Å². The van der Waals surface area contributed by atoms with Crippen molar-refractivity contribution in [1.29, 1.82) is 0 Å². The molecule has 1 aromatic rings. The molecule has 10 heteroatoms. The first kappa shape index (κ1) is 21.5. The van der Waals surface area contributed by atoms with Crippen LogP contribution in [0, 0.1) is 0 Å². The molecule has 30 heavy (non-hydrogen) atoms. The summed E-state index contributed by atoms with van der Waals surface area (Å²) >= 11 is 0. The second-order valence-corrected chi connectivity index (χ2v) is 10.7. The summed E-state index contributed by atoms with van der Waals surface area (Å²) in [4.78, 5) is 23.7. The summed E-state index contributed by atoms with van der Waals surface area (Å²) in [6.45, 7) is 2.90. The molecule has 2 N–H and O–H groups in total. The van der Waals surface area contributed by atoms with E-state index in [-0.39, 0.29) is 18.0 Å². The summed E-state index contributed by atoms with van der Waals surface area (Å²) in [6.07, 6.45) is 8.33. The molecule has 0 bridgehead atoms. The fourth-order valence-corrected chi connectivity index (χ4v) is 5.86. The highest BCUT2D eigenvalue weighted by molar-refractivity contribution is 7.88. The van der Waals surface area contributed by atoms with Crippen molar-refractivity contribution in [3.8, 4) is 0 Å². The molecular weight excluding hydrogens is 406 g/mol. The third-order valence-corrected chi connectivity index (χ3v) is 8.14. The normalized spacial score (nSPS) is 28.6. The molecule has 1 amide bonds. The smallest absolute Gasteiger partial charge is 0.228 e. The summed E-state index contributed by atoms with van der Waals surface area (Å²) in [5, 5.41) is 14.4. The maximum Gasteiger partial charge on any atom is 0.228 e. The van der Waals surface area contributed by atoms with Gasteiger partial charge in [-0.2, -0.15) is 4.98 Å². The number of fused-ring (bicyclic) bond motifs is 1. The van der Waals surface area contributed by atoms with Gasteiger partial charge >= 0.3 is 0 Å². The number of carbonyl (C=O) groups is 1. The van der Waals surface area contributed by atoms with E-state index >= 15 is 0 Å². The molecule has 3 heterocycles. The lowest BCUT2D eigenvalue weighted by molar-refractivity contribution is -0.120. The summed E-state index contributed by atoms with van der Waals surface area (Å²) in [5.41, 5.74) is 0.0544. The number of rotatable bonds is 5. The van der Waals surface area contributed by atoms with Gasteiger partial charge in [0.05, 0.1) is 17.9 Å². The Bertz CT molecular complexity index is 916. The Morgan fingerprint density at radius 3 is 2.67 bits per heavy atom. The number of piperidine rings is 1. The zero-order chi connectivity index (χ0) is 21.5. The maximum atomic E-state index is 12.9. The van der Waals surface area contributed by atoms with Gasteiger partial charge in [-0.1, -0.05) is 6.92 Å². The summed E-state index contributed by atoms with van der Waals surface area (Å²) in [5.74, 6) is 1.06. The molecule has 2 aliphatic heterocycles. The van der Waals surface area contributed by atoms with Crippen molar-refractivity contribution in [2.75, 3.05) is 29.6 Å². The van der Waals surface area contributed by atoms with E-state index in [1.807, 2.05) is 6.92 Å². The van der Waals surface area contributed by atoms with Gasteiger partial charge in [-0.05, 0) is 44.9 Å². The average molecular weight is 438 g/mol. The highest BCUT2D eigenvalue weighted by atomic mass is 32.2. The molecule has 3 aliphatic rings. The number of nitrogens with one attached hydrogen (secondary N) is 1. The van der Waals surface area contributed by atoms with Gasteiger partial charge in [0.1, 0.15) is 5.82 Å². The summed E-state index contributed by atoms with van der Waals surface area (Å²) < 4.78 is 24.9. The van der Waals surface area contributed by atoms with Gasteiger partial charge in [0.2, 0.25) is 21.9 Å². The second kappa shape index (κ2) is 8.05. The van der Waals surface area contributed by atoms with Crippen LogP contribution in [0.5, 0.6) is 0 Å². The lowest BCUT2D eigenvalue weighted by atomic mass is 9.91. The van der Waals surface area contributed by atoms with Gasteiger partial charge in [-0.15, -0.1) is 0 Å². The Morgan fingerprint density at radius 2 is 2.00 bits per heavy atom. The lowest BCUT2D eigenvalue weighted by Gasteiger charge is -2.40. The molecule has 0 radical (unpaired) electrons. The van der Waals surface area contributed by atoms with E-state index in [0.29, 0.717) is 63.4 Å². The number of aromatic nitrogens is 2. The van der Waals surface area contributed by atoms with Crippen LogP contribution in [0.15, 0.2) is 6.20 Å². The molecule has 0 aromatic carbocycles. The van der Waals surface area contributed by atoms with Crippen molar-refractivity contribution in [2.24, 2.45) is 0 Å². The second-order valence-electron chi connectivity index (χ2n) is 8.75. The summed E-state index contributed by atoms with van der Waals surface area (Å²) in [7, 11) is -3.16. The molecule has 1 aromatic heterocycles. The number of sulfonamides is 1. The van der Waals surface area contributed by atoms with Gasteiger partial charge in [-0.3, -0.25) is 9.69 Å². The molecule has 4 rings (SSSR count). The Hall–Kier alpha value is -1.78. The van der Waals surface area contributed by atoms with Crippen LogP contribution in [-0.4, -0.2) is 70.7 Å². The van der Waals surface area contributed by atoms with Crippen LogP contribution in [0.1, 0.15) is 57.4 Å². The van der Waals surface area contributed by atoms with E-state index in [4.69, 9.17) is 4.98 Å². The maximum absolute atomic E-state index is 12.9. The molecule has 0 unspecified atom stereocenters. The molecule has 1 aliphatic carbocycles. The van der Waals surface area contributed by atoms with Gasteiger partial charge < -0.3 is 10.4 Å². The van der Waals surface area contributed by atoms with Crippen LogP contribution in [0.25, 0.3) is 0 Å². The first-order valence-corrected chi connectivity index (χ1v) is 12.7. The standard InChI is InChI=1S/C20H31N5O4S/c1-3-20(27)10-4-5-16(20)25-17(26)7-6-14-13-21-19(23-18(14)25)22-15-8-11-24(12-9-15)30(2,28)29/h13,15-16,27H,3-12H2,1-2H3,(H,21,22,23)/t16-,20-/m1/s1. The molecule has 1 saturated carbocycles. The van der Waals surface area contributed by atoms with Gasteiger partial charge in [-0.25, -0.2) is 17.7 Å². The first-order valence-electron chi connectivity index (χ1n) is 10.8.